The normalized spacial score (nSPS) is 10.9. The van der Waals surface area contributed by atoms with Crippen molar-refractivity contribution >= 4 is 23.1 Å². The number of nitrogens with zero attached hydrogens (tertiary/aromatic N) is 3. The highest BCUT2D eigenvalue weighted by Gasteiger charge is 2.11. The minimum Gasteiger partial charge on any atom is -0.335 e. The first-order chi connectivity index (χ1) is 8.66. The van der Waals surface area contributed by atoms with Gasteiger partial charge in [0.15, 0.2) is 5.82 Å². The van der Waals surface area contributed by atoms with E-state index in [-0.39, 0.29) is 0 Å². The third-order valence-electron chi connectivity index (χ3n) is 2.79. The zero-order valence-corrected chi connectivity index (χ0v) is 10.5. The number of H-pyrrole nitrogens is 1. The molecule has 90 valence electrons. The molecule has 5 nitrogen and oxygen atoms in total. The summed E-state index contributed by atoms with van der Waals surface area (Å²) in [7, 11) is 0. The lowest BCUT2D eigenvalue weighted by Crippen LogP contribution is -2.10. The van der Waals surface area contributed by atoms with E-state index in [1.807, 2.05) is 37.3 Å². The van der Waals surface area contributed by atoms with Crippen LogP contribution in [-0.2, 0) is 0 Å². The fraction of sp³-hybridized carbons (Fsp3) is 0.0833. The predicted molar refractivity (Wildman–Crippen MR) is 73.0 cm³/mol. The van der Waals surface area contributed by atoms with Gasteiger partial charge in [0.05, 0.1) is 5.52 Å². The van der Waals surface area contributed by atoms with E-state index in [1.165, 1.54) is 4.68 Å². The summed E-state index contributed by atoms with van der Waals surface area (Å²) in [6.07, 6.45) is 0. The van der Waals surface area contributed by atoms with Crippen molar-refractivity contribution in [2.45, 2.75) is 6.92 Å². The van der Waals surface area contributed by atoms with Crippen LogP contribution < -0.4 is 5.84 Å². The summed E-state index contributed by atoms with van der Waals surface area (Å²) in [5, 5.41) is 7.86. The highest BCUT2D eigenvalue weighted by molar-refractivity contribution is 7.71. The van der Waals surface area contributed by atoms with E-state index in [0.29, 0.717) is 10.6 Å². The van der Waals surface area contributed by atoms with Crippen LogP contribution >= 0.6 is 12.2 Å². The Morgan fingerprint density at radius 3 is 2.83 bits per heavy atom. The minimum absolute atomic E-state index is 0.392. The van der Waals surface area contributed by atoms with Crippen molar-refractivity contribution in [3.63, 3.8) is 0 Å². The average Bonchev–Trinajstić information content (AvgIpc) is 2.69. The molecule has 0 saturated heterocycles. The first-order valence-corrected chi connectivity index (χ1v) is 5.87. The summed E-state index contributed by atoms with van der Waals surface area (Å²) in [6, 6.07) is 9.84. The van der Waals surface area contributed by atoms with Gasteiger partial charge in [0.25, 0.3) is 0 Å². The van der Waals surface area contributed by atoms with Crippen LogP contribution in [0.5, 0.6) is 0 Å². The monoisotopic (exact) mass is 257 g/mol. The van der Waals surface area contributed by atoms with Crippen molar-refractivity contribution in [2.24, 2.45) is 0 Å². The van der Waals surface area contributed by atoms with Crippen LogP contribution in [0.4, 0.5) is 0 Å². The number of aryl methyl sites for hydroxylation is 1. The molecule has 3 N–H and O–H groups in total. The molecule has 2 heterocycles. The molecule has 1 aromatic carbocycles. The van der Waals surface area contributed by atoms with E-state index < -0.39 is 0 Å². The Morgan fingerprint density at radius 1 is 1.33 bits per heavy atom. The highest BCUT2D eigenvalue weighted by Crippen LogP contribution is 2.26. The smallest absolute Gasteiger partial charge is 0.214 e. The van der Waals surface area contributed by atoms with E-state index in [2.05, 4.69) is 15.2 Å². The number of nitrogen functional groups attached to an aromatic ring is 1. The molecule has 0 amide bonds. The topological polar surface area (TPSA) is 72.5 Å². The standard InChI is InChI=1S/C12H11N5S/c1-7-6-9(11-15-16-12(18)17(11)13)8-4-2-3-5-10(8)14-7/h2-6H,13H2,1H3,(H,16,18). The number of nitrogens with one attached hydrogen (secondary N) is 1. The summed E-state index contributed by atoms with van der Waals surface area (Å²) in [4.78, 5) is 4.48. The summed E-state index contributed by atoms with van der Waals surface area (Å²) >= 11 is 5.03. The summed E-state index contributed by atoms with van der Waals surface area (Å²) in [6.45, 7) is 1.94. The predicted octanol–water partition coefficient (Wildman–Crippen LogP) is 2.18. The number of aromatic amines is 1. The Balaban J connectivity index is 2.41. The molecule has 0 spiro atoms. The Bertz CT molecular complexity index is 787. The van der Waals surface area contributed by atoms with Gasteiger partial charge in [0.1, 0.15) is 0 Å². The van der Waals surface area contributed by atoms with Crippen LogP contribution in [0.15, 0.2) is 30.3 Å². The average molecular weight is 257 g/mol. The number of hydrogen-bond acceptors (Lipinski definition) is 4. The number of hydrogen-bond donors (Lipinski definition) is 2. The van der Waals surface area contributed by atoms with Gasteiger partial charge in [-0.15, -0.1) is 0 Å². The Hall–Kier alpha value is -2.21. The number of rotatable bonds is 1. The van der Waals surface area contributed by atoms with Gasteiger partial charge in [-0.05, 0) is 31.3 Å². The largest absolute Gasteiger partial charge is 0.335 e. The molecule has 2 aromatic heterocycles. The lowest BCUT2D eigenvalue weighted by atomic mass is 10.1. The second-order valence-corrected chi connectivity index (χ2v) is 4.44. The van der Waals surface area contributed by atoms with E-state index in [0.717, 1.165) is 22.2 Å². The molecule has 0 aliphatic carbocycles. The van der Waals surface area contributed by atoms with E-state index >= 15 is 0 Å². The van der Waals surface area contributed by atoms with Gasteiger partial charge in [-0.25, -0.2) is 9.77 Å². The van der Waals surface area contributed by atoms with Crippen LogP contribution in [0.2, 0.25) is 0 Å². The number of nitrogens with two attached hydrogens (primary N) is 1. The lowest BCUT2D eigenvalue weighted by Gasteiger charge is -2.06. The van der Waals surface area contributed by atoms with E-state index in [1.54, 1.807) is 0 Å². The zero-order valence-electron chi connectivity index (χ0n) is 9.71. The molecule has 0 saturated carbocycles. The Labute approximate surface area is 108 Å². The van der Waals surface area contributed by atoms with Gasteiger partial charge in [-0.1, -0.05) is 18.2 Å². The SMILES string of the molecule is Cc1cc(-c2n[nH]c(=S)n2N)c2ccccc2n1. The van der Waals surface area contributed by atoms with Crippen molar-refractivity contribution in [3.05, 3.63) is 40.8 Å². The number of para-hydroxylation sites is 1. The lowest BCUT2D eigenvalue weighted by molar-refractivity contribution is 0.984. The zero-order chi connectivity index (χ0) is 12.7. The molecular formula is C12H11N5S. The molecule has 3 rings (SSSR count). The summed E-state index contributed by atoms with van der Waals surface area (Å²) in [5.41, 5.74) is 2.76. The molecule has 0 aliphatic rings. The van der Waals surface area contributed by atoms with Gasteiger partial charge >= 0.3 is 0 Å². The number of benzene rings is 1. The third kappa shape index (κ3) is 1.58. The van der Waals surface area contributed by atoms with Crippen molar-refractivity contribution in [3.8, 4) is 11.4 Å². The van der Waals surface area contributed by atoms with Crippen molar-refractivity contribution in [2.75, 3.05) is 5.84 Å². The van der Waals surface area contributed by atoms with Crippen LogP contribution in [0.25, 0.3) is 22.3 Å². The maximum absolute atomic E-state index is 5.87. The summed E-state index contributed by atoms with van der Waals surface area (Å²) in [5.74, 6) is 6.49. The van der Waals surface area contributed by atoms with E-state index in [4.69, 9.17) is 18.1 Å². The molecule has 0 unspecified atom stereocenters. The maximum Gasteiger partial charge on any atom is 0.214 e. The fourth-order valence-electron chi connectivity index (χ4n) is 1.99. The molecule has 6 heteroatoms. The van der Waals surface area contributed by atoms with Crippen LogP contribution in [-0.4, -0.2) is 19.9 Å². The first kappa shape index (κ1) is 10.9. The fourth-order valence-corrected chi connectivity index (χ4v) is 2.12. The van der Waals surface area contributed by atoms with Gasteiger partial charge < -0.3 is 5.84 Å². The second kappa shape index (κ2) is 3.92. The Morgan fingerprint density at radius 2 is 2.11 bits per heavy atom. The maximum atomic E-state index is 5.87. The summed E-state index contributed by atoms with van der Waals surface area (Å²) < 4.78 is 1.76. The van der Waals surface area contributed by atoms with Crippen LogP contribution in [0.1, 0.15) is 5.69 Å². The van der Waals surface area contributed by atoms with Gasteiger partial charge in [0, 0.05) is 16.6 Å². The number of aromatic nitrogens is 4. The van der Waals surface area contributed by atoms with Gasteiger partial charge in [-0.3, -0.25) is 4.98 Å². The number of pyridine rings is 1. The second-order valence-electron chi connectivity index (χ2n) is 4.05. The molecule has 3 aromatic rings. The Kier molecular flexibility index (Phi) is 2.38. The minimum atomic E-state index is 0.392. The molecule has 0 fully saturated rings. The van der Waals surface area contributed by atoms with Crippen molar-refractivity contribution < 1.29 is 0 Å². The number of fused-ring (bicyclic) bond motifs is 1. The quantitative estimate of drug-likeness (QED) is 0.517. The molecule has 0 atom stereocenters. The van der Waals surface area contributed by atoms with Gasteiger partial charge in [-0.2, -0.15) is 5.10 Å². The van der Waals surface area contributed by atoms with E-state index in [9.17, 15) is 0 Å². The molecular weight excluding hydrogens is 246 g/mol. The van der Waals surface area contributed by atoms with Crippen LogP contribution in [0, 0.1) is 11.7 Å². The van der Waals surface area contributed by atoms with Gasteiger partial charge in [0.2, 0.25) is 4.77 Å². The first-order valence-electron chi connectivity index (χ1n) is 5.46. The third-order valence-corrected chi connectivity index (χ3v) is 3.08. The molecule has 0 bridgehead atoms. The molecule has 0 radical (unpaired) electrons. The van der Waals surface area contributed by atoms with Crippen molar-refractivity contribution in [1.29, 1.82) is 0 Å². The molecule has 18 heavy (non-hydrogen) atoms. The van der Waals surface area contributed by atoms with Crippen LogP contribution in [0.3, 0.4) is 0 Å². The molecule has 0 aliphatic heterocycles. The van der Waals surface area contributed by atoms with Crippen molar-refractivity contribution in [1.82, 2.24) is 19.9 Å². The highest BCUT2D eigenvalue weighted by atomic mass is 32.1.